The summed E-state index contributed by atoms with van der Waals surface area (Å²) in [6, 6.07) is 7.22. The molecule has 120 valence electrons. The minimum Gasteiger partial charge on any atom is -0.352 e. The number of nitrogens with zero attached hydrogens (tertiary/aromatic N) is 2. The fourth-order valence-corrected chi connectivity index (χ4v) is 2.91. The highest BCUT2D eigenvalue weighted by molar-refractivity contribution is 5.89. The smallest absolute Gasteiger partial charge is 0.247 e. The Bertz CT molecular complexity index is 696. The summed E-state index contributed by atoms with van der Waals surface area (Å²) in [7, 11) is 0. The number of imidazole rings is 1. The molecule has 1 atom stereocenters. The van der Waals surface area contributed by atoms with Crippen LogP contribution in [0.15, 0.2) is 36.8 Å². The molecule has 0 aliphatic carbocycles. The first-order valence-corrected chi connectivity index (χ1v) is 7.76. The Morgan fingerprint density at radius 1 is 1.43 bits per heavy atom. The SMILES string of the molecule is Cc1cccc(C2C(=O)NCCN2C(=O)CCc2cnc[nH]2)c1. The van der Waals surface area contributed by atoms with Crippen molar-refractivity contribution in [1.82, 2.24) is 20.2 Å². The van der Waals surface area contributed by atoms with Gasteiger partial charge in [-0.25, -0.2) is 4.98 Å². The van der Waals surface area contributed by atoms with Gasteiger partial charge in [0.2, 0.25) is 11.8 Å². The van der Waals surface area contributed by atoms with Gasteiger partial charge in [0, 0.05) is 31.4 Å². The molecule has 2 N–H and O–H groups in total. The third kappa shape index (κ3) is 3.41. The molecule has 1 aromatic carbocycles. The van der Waals surface area contributed by atoms with Gasteiger partial charge in [-0.2, -0.15) is 0 Å². The van der Waals surface area contributed by atoms with Crippen LogP contribution in [-0.2, 0) is 16.0 Å². The van der Waals surface area contributed by atoms with Crippen LogP contribution in [0.3, 0.4) is 0 Å². The van der Waals surface area contributed by atoms with Crippen LogP contribution in [0.5, 0.6) is 0 Å². The molecule has 6 nitrogen and oxygen atoms in total. The number of rotatable bonds is 4. The number of amides is 2. The number of carbonyl (C=O) groups is 2. The molecular formula is C17H20N4O2. The summed E-state index contributed by atoms with van der Waals surface area (Å²) in [5.74, 6) is -0.127. The zero-order valence-corrected chi connectivity index (χ0v) is 13.1. The van der Waals surface area contributed by atoms with Gasteiger partial charge in [0.25, 0.3) is 0 Å². The number of nitrogens with one attached hydrogen (secondary N) is 2. The fourth-order valence-electron chi connectivity index (χ4n) is 2.91. The van der Waals surface area contributed by atoms with Gasteiger partial charge in [-0.1, -0.05) is 29.8 Å². The molecule has 2 aromatic rings. The molecule has 1 aliphatic heterocycles. The van der Waals surface area contributed by atoms with Crippen molar-refractivity contribution in [3.05, 3.63) is 53.6 Å². The first-order valence-electron chi connectivity index (χ1n) is 7.76. The molecular weight excluding hydrogens is 292 g/mol. The van der Waals surface area contributed by atoms with E-state index in [-0.39, 0.29) is 11.8 Å². The van der Waals surface area contributed by atoms with E-state index in [1.807, 2.05) is 31.2 Å². The standard InChI is InChI=1S/C17H20N4O2/c1-12-3-2-4-13(9-12)16-17(23)19-7-8-21(16)15(22)6-5-14-10-18-11-20-14/h2-4,9-11,16H,5-8H2,1H3,(H,18,20)(H,19,23). The van der Waals surface area contributed by atoms with Crippen molar-refractivity contribution >= 4 is 11.8 Å². The van der Waals surface area contributed by atoms with Crippen LogP contribution in [-0.4, -0.2) is 39.8 Å². The molecule has 1 aromatic heterocycles. The van der Waals surface area contributed by atoms with E-state index in [0.717, 1.165) is 16.8 Å². The number of carbonyl (C=O) groups excluding carboxylic acids is 2. The predicted molar refractivity (Wildman–Crippen MR) is 85.6 cm³/mol. The topological polar surface area (TPSA) is 78.1 Å². The Hall–Kier alpha value is -2.63. The summed E-state index contributed by atoms with van der Waals surface area (Å²) >= 11 is 0. The second-order valence-electron chi connectivity index (χ2n) is 5.77. The first-order chi connectivity index (χ1) is 11.1. The van der Waals surface area contributed by atoms with Gasteiger partial charge in [0.1, 0.15) is 6.04 Å². The van der Waals surface area contributed by atoms with Crippen molar-refractivity contribution in [3.8, 4) is 0 Å². The van der Waals surface area contributed by atoms with Crippen LogP contribution in [0.1, 0.15) is 29.3 Å². The van der Waals surface area contributed by atoms with E-state index in [1.54, 1.807) is 17.4 Å². The molecule has 0 bridgehead atoms. The van der Waals surface area contributed by atoms with Crippen molar-refractivity contribution in [1.29, 1.82) is 0 Å². The number of H-pyrrole nitrogens is 1. The van der Waals surface area contributed by atoms with E-state index >= 15 is 0 Å². The molecule has 2 heterocycles. The molecule has 0 spiro atoms. The van der Waals surface area contributed by atoms with Gasteiger partial charge in [0.15, 0.2) is 0 Å². The monoisotopic (exact) mass is 312 g/mol. The number of aromatic amines is 1. The van der Waals surface area contributed by atoms with E-state index in [9.17, 15) is 9.59 Å². The molecule has 1 unspecified atom stereocenters. The minimum atomic E-state index is -0.544. The van der Waals surface area contributed by atoms with Gasteiger partial charge < -0.3 is 15.2 Å². The first kappa shape index (κ1) is 15.3. The van der Waals surface area contributed by atoms with E-state index in [1.165, 1.54) is 0 Å². The normalized spacial score (nSPS) is 17.9. The number of aryl methyl sites for hydroxylation is 2. The third-order valence-corrected chi connectivity index (χ3v) is 4.05. The lowest BCUT2D eigenvalue weighted by Gasteiger charge is -2.35. The van der Waals surface area contributed by atoms with Crippen molar-refractivity contribution in [3.63, 3.8) is 0 Å². The van der Waals surface area contributed by atoms with E-state index in [0.29, 0.717) is 25.9 Å². The molecule has 6 heteroatoms. The van der Waals surface area contributed by atoms with Crippen LogP contribution in [0, 0.1) is 6.92 Å². The van der Waals surface area contributed by atoms with Gasteiger partial charge in [-0.15, -0.1) is 0 Å². The second kappa shape index (κ2) is 6.64. The molecule has 23 heavy (non-hydrogen) atoms. The maximum atomic E-state index is 12.6. The molecule has 0 radical (unpaired) electrons. The quantitative estimate of drug-likeness (QED) is 0.894. The molecule has 0 saturated carbocycles. The van der Waals surface area contributed by atoms with Crippen LogP contribution < -0.4 is 5.32 Å². The minimum absolute atomic E-state index is 0.0130. The number of hydrogen-bond donors (Lipinski definition) is 2. The van der Waals surface area contributed by atoms with Gasteiger partial charge in [-0.3, -0.25) is 9.59 Å². The highest BCUT2D eigenvalue weighted by Crippen LogP contribution is 2.25. The summed E-state index contributed by atoms with van der Waals surface area (Å²) < 4.78 is 0. The lowest BCUT2D eigenvalue weighted by Crippen LogP contribution is -2.52. The largest absolute Gasteiger partial charge is 0.352 e. The molecule has 1 saturated heterocycles. The zero-order valence-electron chi connectivity index (χ0n) is 13.1. The van der Waals surface area contributed by atoms with Crippen LogP contribution in [0.4, 0.5) is 0 Å². The summed E-state index contributed by atoms with van der Waals surface area (Å²) in [6.07, 6.45) is 4.27. The Balaban J connectivity index is 1.77. The Morgan fingerprint density at radius 2 is 2.30 bits per heavy atom. The maximum Gasteiger partial charge on any atom is 0.247 e. The lowest BCUT2D eigenvalue weighted by molar-refractivity contribution is -0.143. The lowest BCUT2D eigenvalue weighted by atomic mass is 10.00. The number of hydrogen-bond acceptors (Lipinski definition) is 3. The summed E-state index contributed by atoms with van der Waals surface area (Å²) in [4.78, 5) is 33.6. The van der Waals surface area contributed by atoms with E-state index < -0.39 is 6.04 Å². The average Bonchev–Trinajstić information content (AvgIpc) is 3.05. The van der Waals surface area contributed by atoms with Crippen LogP contribution in [0.2, 0.25) is 0 Å². The Kier molecular flexibility index (Phi) is 4.41. The average molecular weight is 312 g/mol. The van der Waals surface area contributed by atoms with Gasteiger partial charge in [-0.05, 0) is 18.9 Å². The molecule has 2 amide bonds. The van der Waals surface area contributed by atoms with Crippen molar-refractivity contribution < 1.29 is 9.59 Å². The molecule has 1 fully saturated rings. The Labute approximate surface area is 134 Å². The maximum absolute atomic E-state index is 12.6. The fraction of sp³-hybridized carbons (Fsp3) is 0.353. The van der Waals surface area contributed by atoms with Gasteiger partial charge >= 0.3 is 0 Å². The van der Waals surface area contributed by atoms with Crippen molar-refractivity contribution in [2.75, 3.05) is 13.1 Å². The summed E-state index contributed by atoms with van der Waals surface area (Å²) in [5, 5.41) is 2.86. The highest BCUT2D eigenvalue weighted by atomic mass is 16.2. The zero-order chi connectivity index (χ0) is 16.2. The number of benzene rings is 1. The second-order valence-corrected chi connectivity index (χ2v) is 5.77. The number of aromatic nitrogens is 2. The molecule has 1 aliphatic rings. The van der Waals surface area contributed by atoms with Crippen molar-refractivity contribution in [2.24, 2.45) is 0 Å². The summed E-state index contributed by atoms with van der Waals surface area (Å²) in [5.41, 5.74) is 2.86. The number of piperazine rings is 1. The van der Waals surface area contributed by atoms with Crippen molar-refractivity contribution in [2.45, 2.75) is 25.8 Å². The predicted octanol–water partition coefficient (Wildman–Crippen LogP) is 1.35. The van der Waals surface area contributed by atoms with Crippen LogP contribution in [0.25, 0.3) is 0 Å². The summed E-state index contributed by atoms with van der Waals surface area (Å²) in [6.45, 7) is 3.01. The van der Waals surface area contributed by atoms with E-state index in [4.69, 9.17) is 0 Å². The van der Waals surface area contributed by atoms with Crippen LogP contribution >= 0.6 is 0 Å². The van der Waals surface area contributed by atoms with E-state index in [2.05, 4.69) is 15.3 Å². The highest BCUT2D eigenvalue weighted by Gasteiger charge is 2.33. The molecule has 3 rings (SSSR count). The third-order valence-electron chi connectivity index (χ3n) is 4.05. The van der Waals surface area contributed by atoms with Gasteiger partial charge in [0.05, 0.1) is 6.33 Å². The Morgan fingerprint density at radius 3 is 3.04 bits per heavy atom.